The summed E-state index contributed by atoms with van der Waals surface area (Å²) in [7, 11) is -3.86. The Bertz CT molecular complexity index is 527. The first-order valence-corrected chi connectivity index (χ1v) is 6.71. The molecule has 1 heterocycles. The Morgan fingerprint density at radius 2 is 2.06 bits per heavy atom. The number of primary sulfonamides is 1. The number of hydrogen-bond donors (Lipinski definition) is 2. The highest BCUT2D eigenvalue weighted by Gasteiger charge is 2.17. The molecule has 7 nitrogen and oxygen atoms in total. The fourth-order valence-corrected chi connectivity index (χ4v) is 1.56. The third-order valence-corrected chi connectivity index (χ3v) is 2.50. The Hall–Kier alpha value is -1.54. The minimum absolute atomic E-state index is 0.0183. The van der Waals surface area contributed by atoms with Crippen LogP contribution in [0.15, 0.2) is 21.6 Å². The summed E-state index contributed by atoms with van der Waals surface area (Å²) in [5.74, 6) is 0.268. The summed E-state index contributed by atoms with van der Waals surface area (Å²) < 4.78 is 31.8. The third kappa shape index (κ3) is 4.76. The van der Waals surface area contributed by atoms with Gasteiger partial charge >= 0.3 is 6.09 Å². The van der Waals surface area contributed by atoms with Crippen molar-refractivity contribution in [1.29, 1.82) is 0 Å². The van der Waals surface area contributed by atoms with Crippen molar-refractivity contribution in [3.8, 4) is 0 Å². The molecule has 1 rings (SSSR count). The normalized spacial score (nSPS) is 12.2. The van der Waals surface area contributed by atoms with E-state index in [1.54, 1.807) is 20.8 Å². The first-order valence-electron chi connectivity index (χ1n) is 5.16. The van der Waals surface area contributed by atoms with Gasteiger partial charge < -0.3 is 14.5 Å². The first kappa shape index (κ1) is 14.5. The van der Waals surface area contributed by atoms with Crippen molar-refractivity contribution in [3.63, 3.8) is 0 Å². The summed E-state index contributed by atoms with van der Waals surface area (Å²) in [5.41, 5.74) is -0.598. The second-order valence-corrected chi connectivity index (χ2v) is 6.11. The van der Waals surface area contributed by atoms with E-state index in [-0.39, 0.29) is 17.4 Å². The van der Waals surface area contributed by atoms with E-state index in [4.69, 9.17) is 14.3 Å². The number of furan rings is 1. The van der Waals surface area contributed by atoms with Crippen molar-refractivity contribution in [3.05, 3.63) is 17.9 Å². The summed E-state index contributed by atoms with van der Waals surface area (Å²) in [6, 6.07) is 2.64. The summed E-state index contributed by atoms with van der Waals surface area (Å²) in [5, 5.41) is 6.96. The van der Waals surface area contributed by atoms with E-state index in [9.17, 15) is 13.2 Å². The lowest BCUT2D eigenvalue weighted by molar-refractivity contribution is 0.0519. The molecule has 102 valence electrons. The van der Waals surface area contributed by atoms with E-state index in [2.05, 4.69) is 5.32 Å². The molecule has 0 spiro atoms. The number of hydrogen-bond acceptors (Lipinski definition) is 5. The molecular formula is C10H16N2O5S. The average molecular weight is 276 g/mol. The Kier molecular flexibility index (Phi) is 4.02. The van der Waals surface area contributed by atoms with Gasteiger partial charge in [-0.25, -0.2) is 18.4 Å². The zero-order valence-corrected chi connectivity index (χ0v) is 11.2. The van der Waals surface area contributed by atoms with Gasteiger partial charge in [0.05, 0.1) is 6.54 Å². The van der Waals surface area contributed by atoms with E-state index < -0.39 is 21.7 Å². The average Bonchev–Trinajstić information content (AvgIpc) is 2.59. The van der Waals surface area contributed by atoms with Crippen molar-refractivity contribution in [2.45, 2.75) is 38.0 Å². The number of alkyl carbamates (subject to hydrolysis) is 1. The molecule has 0 aliphatic carbocycles. The van der Waals surface area contributed by atoms with Crippen molar-refractivity contribution in [1.82, 2.24) is 5.32 Å². The van der Waals surface area contributed by atoms with Crippen molar-refractivity contribution in [2.75, 3.05) is 0 Å². The molecule has 0 radical (unpaired) electrons. The molecule has 18 heavy (non-hydrogen) atoms. The molecule has 0 aromatic carbocycles. The highest BCUT2D eigenvalue weighted by Crippen LogP contribution is 2.12. The van der Waals surface area contributed by atoms with E-state index in [0.717, 1.165) is 0 Å². The van der Waals surface area contributed by atoms with Crippen molar-refractivity contribution < 1.29 is 22.4 Å². The lowest BCUT2D eigenvalue weighted by atomic mass is 10.2. The van der Waals surface area contributed by atoms with Gasteiger partial charge in [0.2, 0.25) is 5.09 Å². The van der Waals surface area contributed by atoms with E-state index in [1.165, 1.54) is 12.1 Å². The number of nitrogens with two attached hydrogens (primary N) is 1. The smallest absolute Gasteiger partial charge is 0.408 e. The predicted octanol–water partition coefficient (Wildman–Crippen LogP) is 0.952. The van der Waals surface area contributed by atoms with Gasteiger partial charge in [-0.15, -0.1) is 0 Å². The van der Waals surface area contributed by atoms with Gasteiger partial charge in [0.15, 0.2) is 0 Å². The molecule has 0 bridgehead atoms. The van der Waals surface area contributed by atoms with Crippen LogP contribution in [0.2, 0.25) is 0 Å². The molecule has 0 aliphatic rings. The molecule has 1 aromatic rings. The lowest BCUT2D eigenvalue weighted by Gasteiger charge is -2.19. The molecule has 0 saturated carbocycles. The third-order valence-electron chi connectivity index (χ3n) is 1.72. The van der Waals surface area contributed by atoms with Gasteiger partial charge in [-0.05, 0) is 32.9 Å². The van der Waals surface area contributed by atoms with Gasteiger partial charge in [0.25, 0.3) is 10.0 Å². The summed E-state index contributed by atoms with van der Waals surface area (Å²) in [4.78, 5) is 11.3. The second-order valence-electron chi connectivity index (χ2n) is 4.62. The molecule has 8 heteroatoms. The van der Waals surface area contributed by atoms with Gasteiger partial charge in [0.1, 0.15) is 11.4 Å². The Morgan fingerprint density at radius 3 is 2.50 bits per heavy atom. The number of carbonyl (C=O) groups is 1. The van der Waals surface area contributed by atoms with Crippen LogP contribution >= 0.6 is 0 Å². The number of amides is 1. The van der Waals surface area contributed by atoms with Gasteiger partial charge in [-0.2, -0.15) is 0 Å². The Labute approximate surface area is 105 Å². The highest BCUT2D eigenvalue weighted by atomic mass is 32.2. The van der Waals surface area contributed by atoms with E-state index in [0.29, 0.717) is 0 Å². The van der Waals surface area contributed by atoms with Crippen LogP contribution in [-0.4, -0.2) is 20.1 Å². The van der Waals surface area contributed by atoms with Crippen LogP contribution in [0.5, 0.6) is 0 Å². The van der Waals surface area contributed by atoms with Crippen LogP contribution in [0.3, 0.4) is 0 Å². The molecule has 0 atom stereocenters. The summed E-state index contributed by atoms with van der Waals surface area (Å²) in [6.07, 6.45) is -0.615. The lowest BCUT2D eigenvalue weighted by Crippen LogP contribution is -2.32. The first-order chi connectivity index (χ1) is 8.08. The molecule has 3 N–H and O–H groups in total. The van der Waals surface area contributed by atoms with Crippen LogP contribution < -0.4 is 10.5 Å². The molecule has 1 amide bonds. The SMILES string of the molecule is CC(C)(C)OC(=O)NCc1ccc(S(N)(=O)=O)o1. The number of rotatable bonds is 3. The van der Waals surface area contributed by atoms with Crippen molar-refractivity contribution in [2.24, 2.45) is 5.14 Å². The topological polar surface area (TPSA) is 112 Å². The quantitative estimate of drug-likeness (QED) is 0.853. The fraction of sp³-hybridized carbons (Fsp3) is 0.500. The summed E-state index contributed by atoms with van der Waals surface area (Å²) in [6.45, 7) is 5.22. The molecular weight excluding hydrogens is 260 g/mol. The Morgan fingerprint density at radius 1 is 1.44 bits per heavy atom. The Balaban J connectivity index is 2.55. The summed E-state index contributed by atoms with van der Waals surface area (Å²) >= 11 is 0. The monoisotopic (exact) mass is 276 g/mol. The molecule has 0 unspecified atom stereocenters. The van der Waals surface area contributed by atoms with Crippen LogP contribution in [0.1, 0.15) is 26.5 Å². The van der Waals surface area contributed by atoms with Gasteiger partial charge in [-0.1, -0.05) is 0 Å². The maximum absolute atomic E-state index is 11.3. The maximum atomic E-state index is 11.3. The molecule has 1 aromatic heterocycles. The number of ether oxygens (including phenoxy) is 1. The predicted molar refractivity (Wildman–Crippen MR) is 63.2 cm³/mol. The van der Waals surface area contributed by atoms with E-state index >= 15 is 0 Å². The van der Waals surface area contributed by atoms with Gasteiger partial charge in [0, 0.05) is 0 Å². The second kappa shape index (κ2) is 4.99. The largest absolute Gasteiger partial charge is 0.446 e. The van der Waals surface area contributed by atoms with Crippen LogP contribution in [0.4, 0.5) is 4.79 Å². The maximum Gasteiger partial charge on any atom is 0.408 e. The highest BCUT2D eigenvalue weighted by molar-refractivity contribution is 7.89. The van der Waals surface area contributed by atoms with E-state index in [1.807, 2.05) is 0 Å². The van der Waals surface area contributed by atoms with Crippen LogP contribution in [-0.2, 0) is 21.3 Å². The zero-order valence-electron chi connectivity index (χ0n) is 10.4. The number of carbonyl (C=O) groups excluding carboxylic acids is 1. The number of sulfonamides is 1. The van der Waals surface area contributed by atoms with Gasteiger partial charge in [-0.3, -0.25) is 0 Å². The zero-order chi connectivity index (χ0) is 14.0. The minimum atomic E-state index is -3.86. The number of nitrogens with one attached hydrogen (secondary N) is 1. The molecule has 0 fully saturated rings. The molecule has 0 saturated heterocycles. The van der Waals surface area contributed by atoms with Crippen LogP contribution in [0, 0.1) is 0 Å². The molecule has 0 aliphatic heterocycles. The standard InChI is InChI=1S/C10H16N2O5S/c1-10(2,3)17-9(13)12-6-7-4-5-8(16-7)18(11,14)15/h4-5H,6H2,1-3H3,(H,12,13)(H2,11,14,15). The fourth-order valence-electron chi connectivity index (χ4n) is 1.08. The van der Waals surface area contributed by atoms with Crippen LogP contribution in [0.25, 0.3) is 0 Å². The minimum Gasteiger partial charge on any atom is -0.446 e. The van der Waals surface area contributed by atoms with Crippen molar-refractivity contribution >= 4 is 16.1 Å².